The van der Waals surface area contributed by atoms with Crippen LogP contribution >= 0.6 is 0 Å². The lowest BCUT2D eigenvalue weighted by molar-refractivity contribution is -0.141. The second-order valence-corrected chi connectivity index (χ2v) is 6.09. The van der Waals surface area contributed by atoms with Crippen molar-refractivity contribution in [1.29, 1.82) is 0 Å². The monoisotopic (exact) mass is 268 g/mol. The molecule has 0 aliphatic carbocycles. The first-order valence-electron chi connectivity index (χ1n) is 6.59. The lowest BCUT2D eigenvalue weighted by atomic mass is 9.92. The Hall–Kier alpha value is -1.59. The van der Waals surface area contributed by atoms with Crippen LogP contribution in [0.3, 0.4) is 0 Å². The Morgan fingerprint density at radius 2 is 1.79 bits per heavy atom. The molecule has 0 atom stereocenters. The fourth-order valence-electron chi connectivity index (χ4n) is 2.52. The largest absolute Gasteiger partial charge is 0.439 e. The van der Waals surface area contributed by atoms with Crippen molar-refractivity contribution in [1.82, 2.24) is 9.80 Å². The standard InChI is InChI=1S/C13H20N2O4/c1-13(2,3)11(17)14-6-4-9(5-7-14)15-10(16)8-19-12(15)18/h9H,4-8H2,1-3H3. The Bertz CT molecular complexity index is 389. The number of amides is 3. The maximum Gasteiger partial charge on any atom is 0.417 e. The van der Waals surface area contributed by atoms with E-state index in [2.05, 4.69) is 0 Å². The van der Waals surface area contributed by atoms with Crippen LogP contribution in [0.1, 0.15) is 33.6 Å². The molecular weight excluding hydrogens is 248 g/mol. The van der Waals surface area contributed by atoms with E-state index in [4.69, 9.17) is 4.74 Å². The molecule has 0 spiro atoms. The molecule has 2 saturated heterocycles. The van der Waals surface area contributed by atoms with E-state index >= 15 is 0 Å². The Balaban J connectivity index is 1.94. The molecule has 0 radical (unpaired) electrons. The highest BCUT2D eigenvalue weighted by Crippen LogP contribution is 2.24. The lowest BCUT2D eigenvalue weighted by Crippen LogP contribution is -2.50. The number of carbonyl (C=O) groups is 3. The third-order valence-corrected chi connectivity index (χ3v) is 3.54. The number of ether oxygens (including phenoxy) is 1. The average Bonchev–Trinajstić information content (AvgIpc) is 2.67. The van der Waals surface area contributed by atoms with Gasteiger partial charge in [0.05, 0.1) is 0 Å². The van der Waals surface area contributed by atoms with Crippen LogP contribution in [0, 0.1) is 5.41 Å². The van der Waals surface area contributed by atoms with Gasteiger partial charge in [-0.3, -0.25) is 9.59 Å². The second-order valence-electron chi connectivity index (χ2n) is 6.09. The maximum atomic E-state index is 12.1. The normalized spacial score (nSPS) is 21.8. The molecule has 2 rings (SSSR count). The lowest BCUT2D eigenvalue weighted by Gasteiger charge is -2.37. The van der Waals surface area contributed by atoms with Gasteiger partial charge in [-0.25, -0.2) is 9.69 Å². The first-order chi connectivity index (χ1) is 8.80. The molecule has 6 heteroatoms. The van der Waals surface area contributed by atoms with Crippen LogP contribution in [0.15, 0.2) is 0 Å². The molecule has 106 valence electrons. The molecule has 0 aromatic carbocycles. The van der Waals surface area contributed by atoms with Gasteiger partial charge in [0.25, 0.3) is 5.91 Å². The molecule has 2 fully saturated rings. The van der Waals surface area contributed by atoms with E-state index < -0.39 is 11.5 Å². The summed E-state index contributed by atoms with van der Waals surface area (Å²) in [5, 5.41) is 0. The third kappa shape index (κ3) is 2.72. The van der Waals surface area contributed by atoms with Gasteiger partial charge < -0.3 is 9.64 Å². The molecule has 3 amide bonds. The third-order valence-electron chi connectivity index (χ3n) is 3.54. The van der Waals surface area contributed by atoms with Crippen LogP contribution in [0.5, 0.6) is 0 Å². The number of cyclic esters (lactones) is 1. The fourth-order valence-corrected chi connectivity index (χ4v) is 2.52. The van der Waals surface area contributed by atoms with Gasteiger partial charge in [0.2, 0.25) is 5.91 Å². The summed E-state index contributed by atoms with van der Waals surface area (Å²) in [4.78, 5) is 38.2. The van der Waals surface area contributed by atoms with E-state index in [9.17, 15) is 14.4 Å². The number of imide groups is 1. The predicted molar refractivity (Wildman–Crippen MR) is 67.3 cm³/mol. The smallest absolute Gasteiger partial charge is 0.417 e. The summed E-state index contributed by atoms with van der Waals surface area (Å²) in [6.45, 7) is 6.68. The topological polar surface area (TPSA) is 66.9 Å². The van der Waals surface area contributed by atoms with E-state index in [0.717, 1.165) is 0 Å². The van der Waals surface area contributed by atoms with Gasteiger partial charge in [-0.05, 0) is 12.8 Å². The van der Waals surface area contributed by atoms with Crippen molar-refractivity contribution in [2.24, 2.45) is 5.41 Å². The Kier molecular flexibility index (Phi) is 3.52. The minimum Gasteiger partial charge on any atom is -0.439 e. The molecule has 0 N–H and O–H groups in total. The molecule has 19 heavy (non-hydrogen) atoms. The zero-order valence-corrected chi connectivity index (χ0v) is 11.6. The molecule has 0 aromatic heterocycles. The zero-order valence-electron chi connectivity index (χ0n) is 11.6. The fraction of sp³-hybridized carbons (Fsp3) is 0.769. The maximum absolute atomic E-state index is 12.1. The Morgan fingerprint density at radius 1 is 1.21 bits per heavy atom. The quantitative estimate of drug-likeness (QED) is 0.711. The van der Waals surface area contributed by atoms with E-state index in [-0.39, 0.29) is 24.5 Å². The van der Waals surface area contributed by atoms with Gasteiger partial charge in [-0.1, -0.05) is 20.8 Å². The zero-order chi connectivity index (χ0) is 14.2. The molecule has 0 unspecified atom stereocenters. The number of rotatable bonds is 1. The van der Waals surface area contributed by atoms with Crippen molar-refractivity contribution >= 4 is 17.9 Å². The number of nitrogens with zero attached hydrogens (tertiary/aromatic N) is 2. The van der Waals surface area contributed by atoms with Crippen LogP contribution in [-0.2, 0) is 14.3 Å². The summed E-state index contributed by atoms with van der Waals surface area (Å²) < 4.78 is 4.72. The number of hydrogen-bond donors (Lipinski definition) is 0. The molecule has 0 aromatic rings. The van der Waals surface area contributed by atoms with Crippen molar-refractivity contribution in [3.05, 3.63) is 0 Å². The van der Waals surface area contributed by atoms with E-state index in [1.165, 1.54) is 4.90 Å². The van der Waals surface area contributed by atoms with E-state index in [1.807, 2.05) is 25.7 Å². The predicted octanol–water partition coefficient (Wildman–Crippen LogP) is 1.00. The van der Waals surface area contributed by atoms with Crippen molar-refractivity contribution in [3.63, 3.8) is 0 Å². The first kappa shape index (κ1) is 13.8. The highest BCUT2D eigenvalue weighted by Gasteiger charge is 2.39. The summed E-state index contributed by atoms with van der Waals surface area (Å²) in [5.74, 6) is -0.160. The first-order valence-corrected chi connectivity index (χ1v) is 6.59. The van der Waals surface area contributed by atoms with Gasteiger partial charge >= 0.3 is 6.09 Å². The molecule has 6 nitrogen and oxygen atoms in total. The van der Waals surface area contributed by atoms with Crippen molar-refractivity contribution in [2.75, 3.05) is 19.7 Å². The Labute approximate surface area is 112 Å². The molecular formula is C13H20N2O4. The van der Waals surface area contributed by atoms with Gasteiger partial charge in [-0.15, -0.1) is 0 Å². The van der Waals surface area contributed by atoms with Gasteiger partial charge in [0.15, 0.2) is 6.61 Å². The number of likely N-dealkylation sites (tertiary alicyclic amines) is 1. The van der Waals surface area contributed by atoms with Crippen molar-refractivity contribution in [2.45, 2.75) is 39.7 Å². The van der Waals surface area contributed by atoms with Crippen LogP contribution in [0.4, 0.5) is 4.79 Å². The minimum absolute atomic E-state index is 0.112. The molecule has 2 aliphatic rings. The average molecular weight is 268 g/mol. The van der Waals surface area contributed by atoms with Gasteiger partial charge in [0, 0.05) is 24.5 Å². The molecule has 0 bridgehead atoms. The van der Waals surface area contributed by atoms with Crippen LogP contribution < -0.4 is 0 Å². The summed E-state index contributed by atoms with van der Waals surface area (Å²) >= 11 is 0. The summed E-state index contributed by atoms with van der Waals surface area (Å²) in [6.07, 6.45) is 0.705. The minimum atomic E-state index is -0.550. The molecule has 2 heterocycles. The van der Waals surface area contributed by atoms with Gasteiger partial charge in [0.1, 0.15) is 0 Å². The Morgan fingerprint density at radius 3 is 2.21 bits per heavy atom. The summed E-state index contributed by atoms with van der Waals surface area (Å²) in [6, 6.07) is -0.133. The van der Waals surface area contributed by atoms with Crippen molar-refractivity contribution in [3.8, 4) is 0 Å². The summed E-state index contributed by atoms with van der Waals surface area (Å²) in [7, 11) is 0. The second kappa shape index (κ2) is 4.83. The summed E-state index contributed by atoms with van der Waals surface area (Å²) in [5.41, 5.74) is -0.394. The van der Waals surface area contributed by atoms with Crippen LogP contribution in [-0.4, -0.2) is 53.4 Å². The highest BCUT2D eigenvalue weighted by molar-refractivity contribution is 5.98. The highest BCUT2D eigenvalue weighted by atomic mass is 16.6. The van der Waals surface area contributed by atoms with E-state index in [0.29, 0.717) is 25.9 Å². The number of piperidine rings is 1. The van der Waals surface area contributed by atoms with E-state index in [1.54, 1.807) is 0 Å². The SMILES string of the molecule is CC(C)(C)C(=O)N1CCC(N2C(=O)COC2=O)CC1. The van der Waals surface area contributed by atoms with Crippen LogP contribution in [0.2, 0.25) is 0 Å². The van der Waals surface area contributed by atoms with Gasteiger partial charge in [-0.2, -0.15) is 0 Å². The van der Waals surface area contributed by atoms with Crippen LogP contribution in [0.25, 0.3) is 0 Å². The molecule has 0 saturated carbocycles. The number of carbonyl (C=O) groups excluding carboxylic acids is 3. The molecule has 2 aliphatic heterocycles. The number of hydrogen-bond acceptors (Lipinski definition) is 4. The van der Waals surface area contributed by atoms with Crippen molar-refractivity contribution < 1.29 is 19.1 Å².